The number of hydrogen-bond acceptors (Lipinski definition) is 5. The molecule has 124 valence electrons. The summed E-state index contributed by atoms with van der Waals surface area (Å²) in [7, 11) is 0. The molecular formula is C19H16N4O2. The molecule has 1 N–H and O–H groups in total. The molecule has 2 aromatic heterocycles. The zero-order chi connectivity index (χ0) is 17.2. The van der Waals surface area contributed by atoms with Crippen LogP contribution >= 0.6 is 0 Å². The van der Waals surface area contributed by atoms with E-state index in [1.807, 2.05) is 24.3 Å². The zero-order valence-corrected chi connectivity index (χ0v) is 13.5. The smallest absolute Gasteiger partial charge is 0.253 e. The van der Waals surface area contributed by atoms with Crippen LogP contribution in [0.5, 0.6) is 5.75 Å². The van der Waals surface area contributed by atoms with Gasteiger partial charge in [0.2, 0.25) is 5.95 Å². The molecule has 0 fully saturated rings. The summed E-state index contributed by atoms with van der Waals surface area (Å²) in [5.41, 5.74) is 1.73. The second kappa shape index (κ2) is 6.29. The van der Waals surface area contributed by atoms with Gasteiger partial charge in [0, 0.05) is 36.1 Å². The summed E-state index contributed by atoms with van der Waals surface area (Å²) in [6, 6.07) is 9.09. The molecule has 0 saturated heterocycles. The minimum Gasteiger partial charge on any atom is -0.494 e. The standard InChI is InChI=1S/C19H16N4O2/c1-2-13-10-17(24)23-8-3-4-9-25-15-7-5-6-14(11-15)21-19-20-12-16(13)18(23)22-19/h1,5-7,10-12H,3-4,8-9H2,(H,20,21,22). The Bertz CT molecular complexity index is 1050. The first-order chi connectivity index (χ1) is 12.2. The van der Waals surface area contributed by atoms with Crippen molar-refractivity contribution < 1.29 is 4.74 Å². The average Bonchev–Trinajstić information content (AvgIpc) is 2.63. The monoisotopic (exact) mass is 332 g/mol. The van der Waals surface area contributed by atoms with Gasteiger partial charge in [0.1, 0.15) is 11.4 Å². The van der Waals surface area contributed by atoms with Crippen LogP contribution in [-0.4, -0.2) is 21.1 Å². The minimum absolute atomic E-state index is 0.151. The van der Waals surface area contributed by atoms with Crippen LogP contribution in [-0.2, 0) is 6.54 Å². The third kappa shape index (κ3) is 2.92. The number of aryl methyl sites for hydroxylation is 1. The van der Waals surface area contributed by atoms with E-state index < -0.39 is 0 Å². The minimum atomic E-state index is -0.151. The van der Waals surface area contributed by atoms with Gasteiger partial charge >= 0.3 is 0 Å². The fraction of sp³-hybridized carbons (Fsp3) is 0.211. The number of anilines is 2. The molecule has 0 atom stereocenters. The van der Waals surface area contributed by atoms with Crippen LogP contribution in [0.25, 0.3) is 11.0 Å². The predicted molar refractivity (Wildman–Crippen MR) is 96.2 cm³/mol. The summed E-state index contributed by atoms with van der Waals surface area (Å²) in [5.74, 6) is 3.74. The highest BCUT2D eigenvalue weighted by Crippen LogP contribution is 2.22. The fourth-order valence-electron chi connectivity index (χ4n) is 2.90. The summed E-state index contributed by atoms with van der Waals surface area (Å²) in [6.07, 6.45) is 8.84. The second-order valence-corrected chi connectivity index (χ2v) is 5.83. The molecule has 0 amide bonds. The Kier molecular flexibility index (Phi) is 3.82. The van der Waals surface area contributed by atoms with Crippen molar-refractivity contribution in [3.8, 4) is 18.1 Å². The molecule has 1 aliphatic rings. The van der Waals surface area contributed by atoms with Crippen molar-refractivity contribution in [3.05, 3.63) is 52.4 Å². The highest BCUT2D eigenvalue weighted by atomic mass is 16.5. The predicted octanol–water partition coefficient (Wildman–Crippen LogP) is 2.69. The number of pyridine rings is 1. The zero-order valence-electron chi connectivity index (χ0n) is 13.5. The van der Waals surface area contributed by atoms with Crippen LogP contribution in [0.2, 0.25) is 0 Å². The fourth-order valence-corrected chi connectivity index (χ4v) is 2.90. The molecule has 1 aromatic carbocycles. The van der Waals surface area contributed by atoms with Gasteiger partial charge in [-0.3, -0.25) is 9.36 Å². The Hall–Kier alpha value is -3.33. The Morgan fingerprint density at radius 1 is 1.28 bits per heavy atom. The van der Waals surface area contributed by atoms with E-state index in [-0.39, 0.29) is 5.56 Å². The summed E-state index contributed by atoms with van der Waals surface area (Å²) >= 11 is 0. The molecule has 0 radical (unpaired) electrons. The quantitative estimate of drug-likeness (QED) is 0.641. The maximum absolute atomic E-state index is 12.5. The van der Waals surface area contributed by atoms with Gasteiger partial charge in [0.25, 0.3) is 5.56 Å². The molecule has 3 heterocycles. The van der Waals surface area contributed by atoms with E-state index in [1.54, 1.807) is 10.8 Å². The van der Waals surface area contributed by atoms with E-state index >= 15 is 0 Å². The molecule has 1 aliphatic heterocycles. The molecule has 4 bridgehead atoms. The van der Waals surface area contributed by atoms with Crippen LogP contribution in [0.3, 0.4) is 0 Å². The van der Waals surface area contributed by atoms with Gasteiger partial charge in [0.15, 0.2) is 0 Å². The van der Waals surface area contributed by atoms with Crippen molar-refractivity contribution in [1.82, 2.24) is 14.5 Å². The second-order valence-electron chi connectivity index (χ2n) is 5.83. The first kappa shape index (κ1) is 15.2. The van der Waals surface area contributed by atoms with Crippen LogP contribution in [0, 0.1) is 12.3 Å². The van der Waals surface area contributed by atoms with Gasteiger partial charge in [-0.05, 0) is 25.0 Å². The third-order valence-corrected chi connectivity index (χ3v) is 4.14. The van der Waals surface area contributed by atoms with Crippen molar-refractivity contribution in [1.29, 1.82) is 0 Å². The number of aromatic nitrogens is 3. The van der Waals surface area contributed by atoms with Crippen molar-refractivity contribution in [3.63, 3.8) is 0 Å². The van der Waals surface area contributed by atoms with Gasteiger partial charge in [-0.25, -0.2) is 4.98 Å². The maximum Gasteiger partial charge on any atom is 0.253 e. The highest BCUT2D eigenvalue weighted by molar-refractivity contribution is 5.82. The highest BCUT2D eigenvalue weighted by Gasteiger charge is 2.12. The van der Waals surface area contributed by atoms with E-state index in [0.717, 1.165) is 24.3 Å². The molecule has 0 saturated carbocycles. The first-order valence-electron chi connectivity index (χ1n) is 8.12. The van der Waals surface area contributed by atoms with E-state index in [1.165, 1.54) is 6.07 Å². The molecule has 0 spiro atoms. The average molecular weight is 332 g/mol. The van der Waals surface area contributed by atoms with E-state index in [9.17, 15) is 4.79 Å². The number of hydrogen-bond donors (Lipinski definition) is 1. The number of rotatable bonds is 0. The van der Waals surface area contributed by atoms with Gasteiger partial charge in [-0.15, -0.1) is 6.42 Å². The number of ether oxygens (including phenoxy) is 1. The van der Waals surface area contributed by atoms with Gasteiger partial charge in [0.05, 0.1) is 12.0 Å². The molecule has 0 unspecified atom stereocenters. The lowest BCUT2D eigenvalue weighted by Gasteiger charge is -2.11. The summed E-state index contributed by atoms with van der Waals surface area (Å²) < 4.78 is 7.41. The number of terminal acetylenes is 1. The summed E-state index contributed by atoms with van der Waals surface area (Å²) in [4.78, 5) is 21.4. The summed E-state index contributed by atoms with van der Waals surface area (Å²) in [5, 5.41) is 3.86. The number of fused-ring (bicyclic) bond motifs is 3. The van der Waals surface area contributed by atoms with Crippen molar-refractivity contribution >= 4 is 22.7 Å². The molecular weight excluding hydrogens is 316 g/mol. The normalized spacial score (nSPS) is 13.7. The number of nitrogens with one attached hydrogen (secondary N) is 1. The Labute approximate surface area is 144 Å². The summed E-state index contributed by atoms with van der Waals surface area (Å²) in [6.45, 7) is 1.14. The topological polar surface area (TPSA) is 69.0 Å². The lowest BCUT2D eigenvalue weighted by molar-refractivity contribution is 0.303. The Morgan fingerprint density at radius 3 is 3.08 bits per heavy atom. The largest absolute Gasteiger partial charge is 0.494 e. The molecule has 6 heteroatoms. The third-order valence-electron chi connectivity index (χ3n) is 4.14. The lowest BCUT2D eigenvalue weighted by Crippen LogP contribution is -2.22. The Balaban J connectivity index is 1.91. The van der Waals surface area contributed by atoms with E-state index in [0.29, 0.717) is 35.7 Å². The van der Waals surface area contributed by atoms with Gasteiger partial charge in [-0.1, -0.05) is 12.0 Å². The van der Waals surface area contributed by atoms with Gasteiger partial charge in [-0.2, -0.15) is 4.98 Å². The number of nitrogens with zero attached hydrogens (tertiary/aromatic N) is 3. The molecule has 0 aliphatic carbocycles. The Morgan fingerprint density at radius 2 is 2.20 bits per heavy atom. The maximum atomic E-state index is 12.5. The van der Waals surface area contributed by atoms with Crippen molar-refractivity contribution in [2.24, 2.45) is 0 Å². The van der Waals surface area contributed by atoms with Crippen LogP contribution in [0.15, 0.2) is 41.3 Å². The molecule has 6 nitrogen and oxygen atoms in total. The van der Waals surface area contributed by atoms with Crippen LogP contribution in [0.1, 0.15) is 18.4 Å². The molecule has 4 rings (SSSR count). The number of benzene rings is 1. The van der Waals surface area contributed by atoms with E-state index in [4.69, 9.17) is 11.2 Å². The SMILES string of the molecule is C#Cc1cc(=O)n2c3nc(ncc13)Nc1cccc(c1)OCCCC2. The first-order valence-corrected chi connectivity index (χ1v) is 8.12. The van der Waals surface area contributed by atoms with Crippen molar-refractivity contribution in [2.75, 3.05) is 11.9 Å². The van der Waals surface area contributed by atoms with Crippen LogP contribution in [0.4, 0.5) is 11.6 Å². The van der Waals surface area contributed by atoms with Crippen molar-refractivity contribution in [2.45, 2.75) is 19.4 Å². The lowest BCUT2D eigenvalue weighted by atomic mass is 10.2. The van der Waals surface area contributed by atoms with Gasteiger partial charge < -0.3 is 10.1 Å². The van der Waals surface area contributed by atoms with Crippen LogP contribution < -0.4 is 15.6 Å². The molecule has 25 heavy (non-hydrogen) atoms. The van der Waals surface area contributed by atoms with E-state index in [2.05, 4.69) is 21.2 Å². The molecule has 3 aromatic rings.